The first-order valence-corrected chi connectivity index (χ1v) is 4.62. The van der Waals surface area contributed by atoms with Gasteiger partial charge in [-0.25, -0.2) is 0 Å². The van der Waals surface area contributed by atoms with Gasteiger partial charge in [-0.05, 0) is 50.1 Å². The van der Waals surface area contributed by atoms with Gasteiger partial charge >= 0.3 is 0 Å². The molecule has 3 nitrogen and oxygen atoms in total. The third-order valence-electron chi connectivity index (χ3n) is 1.08. The fourth-order valence-electron chi connectivity index (χ4n) is 0.618. The minimum atomic E-state index is 0.624. The van der Waals surface area contributed by atoms with E-state index >= 15 is 0 Å². The van der Waals surface area contributed by atoms with Gasteiger partial charge in [0.2, 0.25) is 0 Å². The Kier molecular flexibility index (Phi) is 3.16. The highest BCUT2D eigenvalue weighted by molar-refractivity contribution is 14.1. The van der Waals surface area contributed by atoms with Crippen LogP contribution in [0.3, 0.4) is 0 Å². The van der Waals surface area contributed by atoms with Crippen molar-refractivity contribution in [2.45, 2.75) is 0 Å². The summed E-state index contributed by atoms with van der Waals surface area (Å²) in [6, 6.07) is 5.53. The van der Waals surface area contributed by atoms with E-state index in [0.29, 0.717) is 5.69 Å². The summed E-state index contributed by atoms with van der Waals surface area (Å²) >= 11 is 5.47. The van der Waals surface area contributed by atoms with Crippen LogP contribution in [0.1, 0.15) is 0 Å². The fraction of sp³-hybridized carbons (Fsp3) is 0. The highest BCUT2D eigenvalue weighted by Crippen LogP contribution is 2.29. The highest BCUT2D eigenvalue weighted by atomic mass is 127. The van der Waals surface area contributed by atoms with Crippen molar-refractivity contribution in [1.29, 1.82) is 0 Å². The van der Waals surface area contributed by atoms with Crippen molar-refractivity contribution in [1.82, 2.24) is 0 Å². The average Bonchev–Trinajstić information content (AvgIpc) is 1.99. The van der Waals surface area contributed by atoms with E-state index in [1.807, 2.05) is 12.1 Å². The Morgan fingerprint density at radius 2 is 2.27 bits per heavy atom. The Balaban J connectivity index is 3.26. The molecule has 0 fully saturated rings. The van der Waals surface area contributed by atoms with E-state index in [-0.39, 0.29) is 0 Å². The molecule has 11 heavy (non-hydrogen) atoms. The number of nitrogens with zero attached hydrogens (tertiary/aromatic N) is 3. The second kappa shape index (κ2) is 3.94. The molecule has 0 heterocycles. The molecule has 0 bridgehead atoms. The van der Waals surface area contributed by atoms with E-state index in [0.717, 1.165) is 8.04 Å². The van der Waals surface area contributed by atoms with Crippen LogP contribution in [-0.4, -0.2) is 0 Å². The van der Waals surface area contributed by atoms with Gasteiger partial charge in [-0.3, -0.25) is 0 Å². The molecule has 0 atom stereocenters. The molecule has 0 N–H and O–H groups in total. The molecular weight excluding hydrogens is 321 g/mol. The normalized spacial score (nSPS) is 8.91. The molecule has 0 aliphatic carbocycles. The van der Waals surface area contributed by atoms with Crippen molar-refractivity contribution in [3.8, 4) is 0 Å². The van der Waals surface area contributed by atoms with Crippen LogP contribution in [0.5, 0.6) is 0 Å². The Morgan fingerprint density at radius 3 is 2.91 bits per heavy atom. The van der Waals surface area contributed by atoms with Crippen molar-refractivity contribution in [2.75, 3.05) is 0 Å². The largest absolute Gasteiger partial charge is 0.0607 e. The molecule has 0 radical (unpaired) electrons. The van der Waals surface area contributed by atoms with Crippen molar-refractivity contribution < 1.29 is 0 Å². The topological polar surface area (TPSA) is 48.8 Å². The first kappa shape index (κ1) is 8.83. The first-order chi connectivity index (χ1) is 5.25. The van der Waals surface area contributed by atoms with Gasteiger partial charge in [0.15, 0.2) is 0 Å². The van der Waals surface area contributed by atoms with Crippen LogP contribution < -0.4 is 0 Å². The molecule has 0 unspecified atom stereocenters. The van der Waals surface area contributed by atoms with Crippen LogP contribution in [0.2, 0.25) is 0 Å². The Bertz CT molecular complexity index is 320. The van der Waals surface area contributed by atoms with Crippen LogP contribution in [0, 0.1) is 3.57 Å². The summed E-state index contributed by atoms with van der Waals surface area (Å²) in [5.41, 5.74) is 8.79. The van der Waals surface area contributed by atoms with Crippen LogP contribution in [-0.2, 0) is 0 Å². The number of hydrogen-bond acceptors (Lipinski definition) is 1. The van der Waals surface area contributed by atoms with Gasteiger partial charge in [-0.15, -0.1) is 0 Å². The van der Waals surface area contributed by atoms with E-state index in [1.165, 1.54) is 0 Å². The summed E-state index contributed by atoms with van der Waals surface area (Å²) < 4.78 is 1.88. The molecule has 0 amide bonds. The average molecular weight is 324 g/mol. The summed E-state index contributed by atoms with van der Waals surface area (Å²) in [5.74, 6) is 0. The van der Waals surface area contributed by atoms with Gasteiger partial charge in [0.1, 0.15) is 0 Å². The summed E-state index contributed by atoms with van der Waals surface area (Å²) in [5, 5.41) is 3.50. The van der Waals surface area contributed by atoms with Crippen molar-refractivity contribution in [3.63, 3.8) is 0 Å². The summed E-state index contributed by atoms with van der Waals surface area (Å²) in [4.78, 5) is 2.70. The molecule has 1 aromatic carbocycles. The highest BCUT2D eigenvalue weighted by Gasteiger charge is 1.99. The molecule has 1 aromatic rings. The quantitative estimate of drug-likeness (QED) is 0.325. The standard InChI is InChI=1S/C6H3BrIN3/c7-6-4(8)2-1-3-5(6)10-11-9/h1-3H. The molecule has 0 saturated carbocycles. The molecule has 0 saturated heterocycles. The van der Waals surface area contributed by atoms with Crippen LogP contribution in [0.4, 0.5) is 5.69 Å². The number of rotatable bonds is 1. The third-order valence-corrected chi connectivity index (χ3v) is 3.56. The number of halogens is 2. The summed E-state index contributed by atoms with van der Waals surface area (Å²) in [6.07, 6.45) is 0. The van der Waals surface area contributed by atoms with Crippen molar-refractivity contribution in [2.24, 2.45) is 5.11 Å². The van der Waals surface area contributed by atoms with Gasteiger partial charge in [0.25, 0.3) is 0 Å². The first-order valence-electron chi connectivity index (χ1n) is 2.75. The molecule has 56 valence electrons. The van der Waals surface area contributed by atoms with Gasteiger partial charge in [-0.2, -0.15) is 0 Å². The van der Waals surface area contributed by atoms with E-state index in [9.17, 15) is 0 Å². The zero-order chi connectivity index (χ0) is 8.27. The lowest BCUT2D eigenvalue weighted by atomic mass is 10.3. The van der Waals surface area contributed by atoms with Gasteiger partial charge in [-0.1, -0.05) is 17.2 Å². The lowest BCUT2D eigenvalue weighted by Gasteiger charge is -1.97. The Labute approximate surface area is 85.7 Å². The molecular formula is C6H3BrIN3. The van der Waals surface area contributed by atoms with Crippen molar-refractivity contribution >= 4 is 44.2 Å². The van der Waals surface area contributed by atoms with E-state index in [2.05, 4.69) is 48.5 Å². The van der Waals surface area contributed by atoms with Crippen molar-refractivity contribution in [3.05, 3.63) is 36.7 Å². The minimum absolute atomic E-state index is 0.624. The minimum Gasteiger partial charge on any atom is -0.0607 e. The SMILES string of the molecule is [N-]=[N+]=Nc1cccc(I)c1Br. The monoisotopic (exact) mass is 323 g/mol. The molecule has 0 spiro atoms. The lowest BCUT2D eigenvalue weighted by Crippen LogP contribution is -1.72. The molecule has 5 heteroatoms. The van der Waals surface area contributed by atoms with E-state index < -0.39 is 0 Å². The molecule has 0 aliphatic heterocycles. The van der Waals surface area contributed by atoms with Crippen LogP contribution >= 0.6 is 38.5 Å². The number of azide groups is 1. The molecule has 0 aliphatic rings. The summed E-state index contributed by atoms with van der Waals surface area (Å²) in [6.45, 7) is 0. The lowest BCUT2D eigenvalue weighted by molar-refractivity contribution is 1.43. The number of hydrogen-bond donors (Lipinski definition) is 0. The van der Waals surface area contributed by atoms with Crippen LogP contribution in [0.25, 0.3) is 10.4 Å². The predicted molar refractivity (Wildman–Crippen MR) is 55.7 cm³/mol. The van der Waals surface area contributed by atoms with Crippen LogP contribution in [0.15, 0.2) is 27.8 Å². The maximum absolute atomic E-state index is 8.17. The van der Waals surface area contributed by atoms with Gasteiger partial charge < -0.3 is 0 Å². The van der Waals surface area contributed by atoms with Gasteiger partial charge in [0.05, 0.1) is 5.69 Å². The number of benzene rings is 1. The maximum atomic E-state index is 8.17. The van der Waals surface area contributed by atoms with E-state index in [4.69, 9.17) is 5.53 Å². The molecule has 0 aromatic heterocycles. The Morgan fingerprint density at radius 1 is 1.55 bits per heavy atom. The summed E-state index contributed by atoms with van der Waals surface area (Å²) in [7, 11) is 0. The maximum Gasteiger partial charge on any atom is 0.0528 e. The third kappa shape index (κ3) is 2.08. The zero-order valence-electron chi connectivity index (χ0n) is 5.33. The zero-order valence-corrected chi connectivity index (χ0v) is 9.07. The predicted octanol–water partition coefficient (Wildman–Crippen LogP) is 4.00. The second-order valence-corrected chi connectivity index (χ2v) is 3.72. The van der Waals surface area contributed by atoms with E-state index in [1.54, 1.807) is 6.07 Å². The second-order valence-electron chi connectivity index (χ2n) is 1.76. The Hall–Kier alpha value is -0.260. The smallest absolute Gasteiger partial charge is 0.0528 e. The van der Waals surface area contributed by atoms with Gasteiger partial charge in [0, 0.05) is 13.0 Å². The molecule has 1 rings (SSSR count). The fourth-order valence-corrected chi connectivity index (χ4v) is 1.45.